The zero-order valence-corrected chi connectivity index (χ0v) is 6.60. The molecule has 0 aliphatic heterocycles. The molecule has 0 aliphatic carbocycles. The van der Waals surface area contributed by atoms with Crippen LogP contribution in [-0.4, -0.2) is 31.4 Å². The van der Waals surface area contributed by atoms with Gasteiger partial charge in [-0.3, -0.25) is 9.96 Å². The number of hydrogen-bond donors (Lipinski definition) is 3. The Labute approximate surface area is 64.6 Å². The first kappa shape index (κ1) is 10.2. The molecule has 11 heavy (non-hydrogen) atoms. The lowest BCUT2D eigenvalue weighted by molar-refractivity contribution is 0.296. The molecule has 6 nitrogen and oxygen atoms in total. The fraction of sp³-hybridized carbons (Fsp3) is 0.750. The lowest BCUT2D eigenvalue weighted by atomic mass is 10.5. The van der Waals surface area contributed by atoms with Crippen molar-refractivity contribution >= 4 is 16.1 Å². The van der Waals surface area contributed by atoms with E-state index >= 15 is 0 Å². The summed E-state index contributed by atoms with van der Waals surface area (Å²) in [6.07, 6.45) is 0.123. The number of nitrogens with one attached hydrogen (secondary N) is 1. The molecule has 0 fully saturated rings. The quantitative estimate of drug-likeness (QED) is 0.227. The summed E-state index contributed by atoms with van der Waals surface area (Å²) in [5.74, 6) is -0.375. The summed E-state index contributed by atoms with van der Waals surface area (Å²) in [5, 5.41) is 6.57. The molecule has 0 saturated carbocycles. The Morgan fingerprint density at radius 2 is 2.18 bits per heavy atom. The van der Waals surface area contributed by atoms with Crippen molar-refractivity contribution in [1.29, 1.82) is 5.41 Å². The van der Waals surface area contributed by atoms with Gasteiger partial charge < -0.3 is 10.5 Å². The van der Waals surface area contributed by atoms with Crippen LogP contribution in [-0.2, 0) is 14.9 Å². The Balaban J connectivity index is 3.37. The Morgan fingerprint density at radius 3 is 2.55 bits per heavy atom. The summed E-state index contributed by atoms with van der Waals surface area (Å²) in [5.41, 5.74) is 4.79. The smallest absolute Gasteiger partial charge is 0.278 e. The van der Waals surface area contributed by atoms with Crippen LogP contribution in [0.3, 0.4) is 0 Å². The minimum atomic E-state index is -3.91. The Morgan fingerprint density at radius 1 is 1.64 bits per heavy atom. The standard InChI is InChI=1S/C4H10N2O4S/c5-4(6)10-2-1-3-11(7,8)9/h1-3H2,(H3,5,6)(H,7,8,9). The molecule has 0 heterocycles. The molecular weight excluding hydrogens is 172 g/mol. The van der Waals surface area contributed by atoms with Crippen LogP contribution in [0.4, 0.5) is 0 Å². The van der Waals surface area contributed by atoms with Crippen LogP contribution in [0.2, 0.25) is 0 Å². The van der Waals surface area contributed by atoms with Crippen LogP contribution in [0, 0.1) is 5.41 Å². The van der Waals surface area contributed by atoms with Gasteiger partial charge >= 0.3 is 0 Å². The maximum absolute atomic E-state index is 10.1. The van der Waals surface area contributed by atoms with E-state index in [0.717, 1.165) is 0 Å². The molecule has 0 amide bonds. The van der Waals surface area contributed by atoms with Gasteiger partial charge in [0.2, 0.25) is 0 Å². The van der Waals surface area contributed by atoms with E-state index in [2.05, 4.69) is 4.74 Å². The number of nitrogens with two attached hydrogens (primary N) is 1. The highest BCUT2D eigenvalue weighted by Gasteiger charge is 2.03. The Bertz CT molecular complexity index is 222. The molecule has 0 radical (unpaired) electrons. The molecule has 0 spiro atoms. The molecule has 7 heteroatoms. The highest BCUT2D eigenvalue weighted by molar-refractivity contribution is 7.85. The predicted octanol–water partition coefficient (Wildman–Crippen LogP) is -0.826. The largest absolute Gasteiger partial charge is 0.466 e. The van der Waals surface area contributed by atoms with Gasteiger partial charge in [0.15, 0.2) is 0 Å². The number of hydrogen-bond acceptors (Lipinski definition) is 4. The summed E-state index contributed by atoms with van der Waals surface area (Å²) in [4.78, 5) is 0. The van der Waals surface area contributed by atoms with Crippen molar-refractivity contribution in [3.05, 3.63) is 0 Å². The van der Waals surface area contributed by atoms with Crippen LogP contribution in [0.15, 0.2) is 0 Å². The summed E-state index contributed by atoms with van der Waals surface area (Å²) in [6.45, 7) is 0.0229. The van der Waals surface area contributed by atoms with Crippen molar-refractivity contribution in [2.75, 3.05) is 12.4 Å². The topological polar surface area (TPSA) is 113 Å². The third-order valence-electron chi connectivity index (χ3n) is 0.804. The van der Waals surface area contributed by atoms with Gasteiger partial charge in [-0.2, -0.15) is 8.42 Å². The second-order valence-corrected chi connectivity index (χ2v) is 3.42. The average molecular weight is 182 g/mol. The van der Waals surface area contributed by atoms with Crippen LogP contribution in [0.25, 0.3) is 0 Å². The number of rotatable bonds is 4. The van der Waals surface area contributed by atoms with Crippen molar-refractivity contribution in [2.45, 2.75) is 6.42 Å². The molecule has 0 aliphatic rings. The van der Waals surface area contributed by atoms with Gasteiger partial charge in [0, 0.05) is 0 Å². The maximum Gasteiger partial charge on any atom is 0.278 e. The van der Waals surface area contributed by atoms with Crippen molar-refractivity contribution in [1.82, 2.24) is 0 Å². The number of amidine groups is 1. The third-order valence-corrected chi connectivity index (χ3v) is 1.61. The van der Waals surface area contributed by atoms with Crippen molar-refractivity contribution in [2.24, 2.45) is 5.73 Å². The summed E-state index contributed by atoms with van der Waals surface area (Å²) in [7, 11) is -3.91. The molecule has 0 bridgehead atoms. The van der Waals surface area contributed by atoms with E-state index < -0.39 is 16.1 Å². The summed E-state index contributed by atoms with van der Waals surface area (Å²) < 4.78 is 32.8. The monoisotopic (exact) mass is 182 g/mol. The summed E-state index contributed by atoms with van der Waals surface area (Å²) >= 11 is 0. The molecule has 0 aromatic rings. The second kappa shape index (κ2) is 4.14. The van der Waals surface area contributed by atoms with Crippen LogP contribution >= 0.6 is 0 Å². The molecule has 0 rings (SSSR count). The van der Waals surface area contributed by atoms with Gasteiger partial charge in [-0.05, 0) is 6.42 Å². The van der Waals surface area contributed by atoms with Crippen molar-refractivity contribution in [3.8, 4) is 0 Å². The second-order valence-electron chi connectivity index (χ2n) is 1.85. The molecule has 66 valence electrons. The first-order chi connectivity index (χ1) is 4.92. The van der Waals surface area contributed by atoms with Gasteiger partial charge in [-0.25, -0.2) is 0 Å². The van der Waals surface area contributed by atoms with E-state index in [1.165, 1.54) is 0 Å². The third kappa shape index (κ3) is 9.18. The highest BCUT2D eigenvalue weighted by Crippen LogP contribution is 1.88. The fourth-order valence-corrected chi connectivity index (χ4v) is 0.906. The minimum Gasteiger partial charge on any atom is -0.466 e. The zero-order valence-electron chi connectivity index (χ0n) is 5.78. The average Bonchev–Trinajstić information content (AvgIpc) is 1.78. The van der Waals surface area contributed by atoms with E-state index in [4.69, 9.17) is 15.7 Å². The van der Waals surface area contributed by atoms with Gasteiger partial charge in [0.05, 0.1) is 12.4 Å². The van der Waals surface area contributed by atoms with E-state index in [1.807, 2.05) is 0 Å². The Hall–Kier alpha value is -0.820. The van der Waals surface area contributed by atoms with E-state index in [1.54, 1.807) is 0 Å². The summed E-state index contributed by atoms with van der Waals surface area (Å²) in [6, 6.07) is -0.458. The fourth-order valence-electron chi connectivity index (χ4n) is 0.423. The first-order valence-corrected chi connectivity index (χ1v) is 4.45. The lowest BCUT2D eigenvalue weighted by Gasteiger charge is -2.00. The molecular formula is C4H10N2O4S. The van der Waals surface area contributed by atoms with E-state index in [9.17, 15) is 8.42 Å². The molecule has 0 aromatic carbocycles. The van der Waals surface area contributed by atoms with Crippen LogP contribution in [0.1, 0.15) is 6.42 Å². The molecule has 0 atom stereocenters. The lowest BCUT2D eigenvalue weighted by Crippen LogP contribution is -2.16. The predicted molar refractivity (Wildman–Crippen MR) is 38.9 cm³/mol. The number of ether oxygens (including phenoxy) is 1. The van der Waals surface area contributed by atoms with E-state index in [-0.39, 0.29) is 18.8 Å². The molecule has 4 N–H and O–H groups in total. The molecule has 0 saturated heterocycles. The molecule has 0 aromatic heterocycles. The van der Waals surface area contributed by atoms with Gasteiger partial charge in [0.25, 0.3) is 16.1 Å². The van der Waals surface area contributed by atoms with Crippen molar-refractivity contribution < 1.29 is 17.7 Å². The van der Waals surface area contributed by atoms with Crippen LogP contribution < -0.4 is 5.73 Å². The zero-order chi connectivity index (χ0) is 8.91. The minimum absolute atomic E-state index is 0.0229. The molecule has 0 unspecified atom stereocenters. The SMILES string of the molecule is N=C(N)OCCCS(=O)(=O)O. The van der Waals surface area contributed by atoms with Gasteiger partial charge in [-0.1, -0.05) is 0 Å². The Kier molecular flexibility index (Phi) is 3.83. The van der Waals surface area contributed by atoms with E-state index in [0.29, 0.717) is 0 Å². The maximum atomic E-state index is 10.1. The first-order valence-electron chi connectivity index (χ1n) is 2.84. The highest BCUT2D eigenvalue weighted by atomic mass is 32.2. The van der Waals surface area contributed by atoms with Gasteiger partial charge in [0.1, 0.15) is 0 Å². The van der Waals surface area contributed by atoms with Crippen molar-refractivity contribution in [3.63, 3.8) is 0 Å². The van der Waals surface area contributed by atoms with Gasteiger partial charge in [-0.15, -0.1) is 0 Å². The van der Waals surface area contributed by atoms with Crippen LogP contribution in [0.5, 0.6) is 0 Å². The normalized spacial score (nSPS) is 11.0.